The third kappa shape index (κ3) is 8.80. The van der Waals surface area contributed by atoms with Crippen LogP contribution in [0.4, 0.5) is 17.6 Å². The van der Waals surface area contributed by atoms with Crippen molar-refractivity contribution in [2.24, 2.45) is 0 Å². The summed E-state index contributed by atoms with van der Waals surface area (Å²) in [7, 11) is 0. The van der Waals surface area contributed by atoms with Gasteiger partial charge in [0.15, 0.2) is 17.3 Å². The minimum absolute atomic E-state index is 0.00660. The van der Waals surface area contributed by atoms with Gasteiger partial charge in [0.05, 0.1) is 12.9 Å². The first-order valence-corrected chi connectivity index (χ1v) is 12.7. The second-order valence-electron chi connectivity index (χ2n) is 8.80. The number of allylic oxidation sites excluding steroid dienone is 1. The summed E-state index contributed by atoms with van der Waals surface area (Å²) in [6, 6.07) is 11.6. The molecule has 0 aliphatic heterocycles. The van der Waals surface area contributed by atoms with Crippen LogP contribution in [-0.4, -0.2) is 24.5 Å². The molecule has 0 amide bonds. The van der Waals surface area contributed by atoms with E-state index in [1.165, 1.54) is 54.8 Å². The Morgan fingerprint density at radius 1 is 0.644 bits per heavy atom. The molecule has 0 bridgehead atoms. The summed E-state index contributed by atoms with van der Waals surface area (Å²) < 4.78 is 79.4. The largest absolute Gasteiger partial charge is 0.491 e. The Morgan fingerprint density at radius 2 is 1.22 bits per heavy atom. The Bertz CT molecular complexity index is 1770. The maximum Gasteiger partial charge on any atom is 0.372 e. The molecule has 8 nitrogen and oxygen atoms in total. The lowest BCUT2D eigenvalue weighted by molar-refractivity contribution is -0.134. The van der Waals surface area contributed by atoms with E-state index in [0.29, 0.717) is 10.9 Å². The van der Waals surface area contributed by atoms with Gasteiger partial charge in [0.25, 0.3) is 0 Å². The third-order valence-electron chi connectivity index (χ3n) is 5.74. The molecule has 0 atom stereocenters. The van der Waals surface area contributed by atoms with Crippen molar-refractivity contribution < 1.29 is 55.6 Å². The second-order valence-corrected chi connectivity index (χ2v) is 8.80. The van der Waals surface area contributed by atoms with Crippen molar-refractivity contribution in [3.05, 3.63) is 128 Å². The van der Waals surface area contributed by atoms with Crippen LogP contribution in [0.15, 0.2) is 117 Å². The van der Waals surface area contributed by atoms with Crippen molar-refractivity contribution in [3.63, 3.8) is 0 Å². The molecule has 0 N–H and O–H groups in total. The highest BCUT2D eigenvalue weighted by Gasteiger charge is 2.21. The van der Waals surface area contributed by atoms with Crippen LogP contribution >= 0.6 is 0 Å². The van der Waals surface area contributed by atoms with E-state index in [1.54, 1.807) is 6.07 Å². The molecule has 12 heteroatoms. The second kappa shape index (κ2) is 15.0. The smallest absolute Gasteiger partial charge is 0.372 e. The fourth-order valence-corrected chi connectivity index (χ4v) is 3.66. The molecule has 0 spiro atoms. The Kier molecular flexibility index (Phi) is 11.2. The van der Waals surface area contributed by atoms with Gasteiger partial charge < -0.3 is 23.7 Å². The first-order valence-electron chi connectivity index (χ1n) is 12.7. The molecular weight excluding hydrogens is 600 g/mol. The van der Waals surface area contributed by atoms with Crippen LogP contribution in [-0.2, 0) is 25.5 Å². The Hall–Kier alpha value is -5.91. The van der Waals surface area contributed by atoms with Crippen LogP contribution in [0.5, 0.6) is 23.0 Å². The number of halogens is 4. The van der Waals surface area contributed by atoms with Gasteiger partial charge in [0.1, 0.15) is 17.3 Å². The number of fused-ring (bicyclic) bond motifs is 1. The van der Waals surface area contributed by atoms with E-state index in [2.05, 4.69) is 32.9 Å². The lowest BCUT2D eigenvalue weighted by Gasteiger charge is -2.15. The molecule has 0 aliphatic carbocycles. The number of ether oxygens (including phenoxy) is 5. The van der Waals surface area contributed by atoms with Crippen LogP contribution in [0.2, 0.25) is 0 Å². The predicted octanol–water partition coefficient (Wildman–Crippen LogP) is 7.61. The highest BCUT2D eigenvalue weighted by molar-refractivity contribution is 6.00. The average molecular weight is 625 g/mol. The van der Waals surface area contributed by atoms with Gasteiger partial charge in [-0.3, -0.25) is 0 Å². The molecule has 45 heavy (non-hydrogen) atoms. The van der Waals surface area contributed by atoms with E-state index >= 15 is 0 Å². The number of benzene rings is 3. The molecule has 0 saturated carbocycles. The SMILES string of the molecule is C=C(F)C(=C)OCCc1c(OC=Cc2cccc3c(OC(=O)C(=C)F)c(OC(=O)C(=C)F)ccc23)cccc1OC(=O)C(=C)F. The standard InChI is InChI=1S/C33H24F4O8/c1-18(34)22(5)41-17-15-26-27(10-7-11-28(26)43-31(38)19(2)35)42-16-14-23-8-6-9-25-24(23)12-13-29(44-32(39)20(3)36)30(25)45-33(40)21(4)37/h6-14,16H,1-5,15,17H2. The molecule has 0 heterocycles. The Labute approximate surface area is 254 Å². The summed E-state index contributed by atoms with van der Waals surface area (Å²) in [4.78, 5) is 35.6. The number of carbonyl (C=O) groups is 3. The summed E-state index contributed by atoms with van der Waals surface area (Å²) in [6.45, 7) is 15.0. The predicted molar refractivity (Wildman–Crippen MR) is 157 cm³/mol. The van der Waals surface area contributed by atoms with Gasteiger partial charge in [-0.1, -0.05) is 57.2 Å². The maximum atomic E-state index is 13.5. The molecule has 0 fully saturated rings. The molecule has 0 saturated heterocycles. The van der Waals surface area contributed by atoms with Crippen molar-refractivity contribution in [1.82, 2.24) is 0 Å². The molecule has 3 aromatic carbocycles. The van der Waals surface area contributed by atoms with E-state index in [1.807, 2.05) is 0 Å². The molecule has 232 valence electrons. The van der Waals surface area contributed by atoms with Crippen molar-refractivity contribution in [2.75, 3.05) is 6.61 Å². The zero-order valence-electron chi connectivity index (χ0n) is 23.5. The summed E-state index contributed by atoms with van der Waals surface area (Å²) >= 11 is 0. The quantitative estimate of drug-likeness (QED) is 0.0452. The van der Waals surface area contributed by atoms with Crippen LogP contribution in [0.1, 0.15) is 11.1 Å². The summed E-state index contributed by atoms with van der Waals surface area (Å²) in [5, 5.41) is 0.556. The first-order chi connectivity index (χ1) is 21.3. The molecule has 3 aromatic rings. The monoisotopic (exact) mass is 624 g/mol. The van der Waals surface area contributed by atoms with E-state index in [-0.39, 0.29) is 41.2 Å². The normalized spacial score (nSPS) is 10.6. The topological polar surface area (TPSA) is 97.4 Å². The number of hydrogen-bond acceptors (Lipinski definition) is 8. The maximum absolute atomic E-state index is 13.5. The van der Waals surface area contributed by atoms with E-state index in [9.17, 15) is 31.9 Å². The van der Waals surface area contributed by atoms with Gasteiger partial charge in [-0.15, -0.1) is 0 Å². The fourth-order valence-electron chi connectivity index (χ4n) is 3.66. The minimum atomic E-state index is -1.48. The van der Waals surface area contributed by atoms with Crippen molar-refractivity contribution in [3.8, 4) is 23.0 Å². The lowest BCUT2D eigenvalue weighted by atomic mass is 10.0. The minimum Gasteiger partial charge on any atom is -0.491 e. The lowest BCUT2D eigenvalue weighted by Crippen LogP contribution is -2.12. The summed E-state index contributed by atoms with van der Waals surface area (Å²) in [6.07, 6.45) is 2.72. The van der Waals surface area contributed by atoms with Gasteiger partial charge >= 0.3 is 17.9 Å². The fraction of sp³-hybridized carbons (Fsp3) is 0.0606. The van der Waals surface area contributed by atoms with Gasteiger partial charge in [-0.2, -0.15) is 13.2 Å². The van der Waals surface area contributed by atoms with Crippen molar-refractivity contribution >= 4 is 34.8 Å². The molecule has 0 radical (unpaired) electrons. The van der Waals surface area contributed by atoms with Gasteiger partial charge in [0, 0.05) is 17.4 Å². The van der Waals surface area contributed by atoms with Crippen LogP contribution in [0, 0.1) is 0 Å². The highest BCUT2D eigenvalue weighted by Crippen LogP contribution is 2.38. The van der Waals surface area contributed by atoms with Crippen molar-refractivity contribution in [1.29, 1.82) is 0 Å². The summed E-state index contributed by atoms with van der Waals surface area (Å²) in [5.41, 5.74) is 0.698. The molecule has 3 rings (SSSR count). The van der Waals surface area contributed by atoms with E-state index in [4.69, 9.17) is 23.7 Å². The number of carbonyl (C=O) groups excluding carboxylic acids is 3. The van der Waals surface area contributed by atoms with Gasteiger partial charge in [-0.05, 0) is 41.3 Å². The third-order valence-corrected chi connectivity index (χ3v) is 5.74. The first kappa shape index (κ1) is 33.6. The zero-order chi connectivity index (χ0) is 33.3. The number of hydrogen-bond donors (Lipinski definition) is 0. The highest BCUT2D eigenvalue weighted by atomic mass is 19.1. The Balaban J connectivity index is 1.99. The molecule has 0 unspecified atom stereocenters. The number of rotatable bonds is 14. The van der Waals surface area contributed by atoms with E-state index in [0.717, 1.165) is 0 Å². The van der Waals surface area contributed by atoms with Crippen molar-refractivity contribution in [2.45, 2.75) is 6.42 Å². The summed E-state index contributed by atoms with van der Waals surface area (Å²) in [5.74, 6) is -10.4. The van der Waals surface area contributed by atoms with Gasteiger partial charge in [-0.25, -0.2) is 18.8 Å². The molecule has 0 aliphatic rings. The Morgan fingerprint density at radius 3 is 1.84 bits per heavy atom. The van der Waals surface area contributed by atoms with Crippen LogP contribution < -0.4 is 18.9 Å². The zero-order valence-corrected chi connectivity index (χ0v) is 23.5. The van der Waals surface area contributed by atoms with E-state index < -0.39 is 52.7 Å². The van der Waals surface area contributed by atoms with Gasteiger partial charge in [0.2, 0.25) is 17.5 Å². The molecular formula is C33H24F4O8. The van der Waals surface area contributed by atoms with Crippen LogP contribution in [0.25, 0.3) is 16.8 Å². The van der Waals surface area contributed by atoms with Crippen LogP contribution in [0.3, 0.4) is 0 Å². The number of esters is 3. The average Bonchev–Trinajstić information content (AvgIpc) is 2.98. The molecule has 0 aromatic heterocycles.